The zero-order chi connectivity index (χ0) is 15.4. The molecule has 0 saturated carbocycles. The van der Waals surface area contributed by atoms with E-state index in [-0.39, 0.29) is 5.91 Å². The van der Waals surface area contributed by atoms with Gasteiger partial charge in [-0.25, -0.2) is 0 Å². The van der Waals surface area contributed by atoms with Gasteiger partial charge in [-0.2, -0.15) is 0 Å². The zero-order valence-corrected chi connectivity index (χ0v) is 12.8. The summed E-state index contributed by atoms with van der Waals surface area (Å²) in [6, 6.07) is 14.7. The van der Waals surface area contributed by atoms with Crippen molar-refractivity contribution in [2.24, 2.45) is 0 Å². The van der Waals surface area contributed by atoms with E-state index in [1.807, 2.05) is 24.3 Å². The summed E-state index contributed by atoms with van der Waals surface area (Å²) in [6.07, 6.45) is 0. The molecule has 4 nitrogen and oxygen atoms in total. The number of carbonyl (C=O) groups is 1. The van der Waals surface area contributed by atoms with E-state index in [9.17, 15) is 4.79 Å². The molecule has 2 aromatic rings. The van der Waals surface area contributed by atoms with E-state index in [4.69, 9.17) is 16.3 Å². The Labute approximate surface area is 134 Å². The van der Waals surface area contributed by atoms with Crippen LogP contribution in [-0.2, 0) is 4.74 Å². The van der Waals surface area contributed by atoms with Crippen LogP contribution in [0.2, 0.25) is 5.02 Å². The third-order valence-corrected chi connectivity index (χ3v) is 3.86. The molecule has 3 rings (SSSR count). The second kappa shape index (κ2) is 6.81. The van der Waals surface area contributed by atoms with Crippen molar-refractivity contribution in [1.82, 2.24) is 0 Å². The Bertz CT molecular complexity index is 652. The van der Waals surface area contributed by atoms with E-state index in [0.29, 0.717) is 23.8 Å². The number of hydrogen-bond acceptors (Lipinski definition) is 3. The van der Waals surface area contributed by atoms with Gasteiger partial charge in [0.25, 0.3) is 5.91 Å². The highest BCUT2D eigenvalue weighted by atomic mass is 35.5. The van der Waals surface area contributed by atoms with Crippen molar-refractivity contribution in [3.8, 4) is 0 Å². The average molecular weight is 317 g/mol. The molecule has 1 fully saturated rings. The SMILES string of the molecule is O=C(Nc1ccccc1N1CCOCC1)c1ccc(Cl)cc1. The van der Waals surface area contributed by atoms with Gasteiger partial charge in [-0.05, 0) is 36.4 Å². The van der Waals surface area contributed by atoms with E-state index in [2.05, 4.69) is 10.2 Å². The molecule has 1 saturated heterocycles. The van der Waals surface area contributed by atoms with E-state index >= 15 is 0 Å². The zero-order valence-electron chi connectivity index (χ0n) is 12.1. The van der Waals surface area contributed by atoms with Crippen LogP contribution >= 0.6 is 11.6 Å². The van der Waals surface area contributed by atoms with Crippen molar-refractivity contribution in [2.45, 2.75) is 0 Å². The van der Waals surface area contributed by atoms with Gasteiger partial charge in [0.15, 0.2) is 0 Å². The van der Waals surface area contributed by atoms with Crippen LogP contribution in [0.1, 0.15) is 10.4 Å². The summed E-state index contributed by atoms with van der Waals surface area (Å²) in [4.78, 5) is 14.6. The molecule has 114 valence electrons. The summed E-state index contributed by atoms with van der Waals surface area (Å²) in [5.41, 5.74) is 2.42. The van der Waals surface area contributed by atoms with Crippen molar-refractivity contribution in [2.75, 3.05) is 36.5 Å². The number of anilines is 2. The van der Waals surface area contributed by atoms with Gasteiger partial charge in [-0.15, -0.1) is 0 Å². The number of hydrogen-bond donors (Lipinski definition) is 1. The molecule has 0 atom stereocenters. The van der Waals surface area contributed by atoms with Crippen molar-refractivity contribution in [3.05, 3.63) is 59.1 Å². The Morgan fingerprint density at radius 1 is 1.05 bits per heavy atom. The first-order valence-corrected chi connectivity index (χ1v) is 7.60. The van der Waals surface area contributed by atoms with E-state index < -0.39 is 0 Å². The molecule has 1 amide bonds. The first-order chi connectivity index (χ1) is 10.7. The summed E-state index contributed by atoms with van der Waals surface area (Å²) >= 11 is 5.85. The average Bonchev–Trinajstić information content (AvgIpc) is 2.57. The third-order valence-electron chi connectivity index (χ3n) is 3.61. The minimum Gasteiger partial charge on any atom is -0.378 e. The second-order valence-corrected chi connectivity index (χ2v) is 5.51. The van der Waals surface area contributed by atoms with Crippen LogP contribution in [0.15, 0.2) is 48.5 Å². The molecule has 0 radical (unpaired) electrons. The standard InChI is InChI=1S/C17H17ClN2O2/c18-14-7-5-13(6-8-14)17(21)19-15-3-1-2-4-16(15)20-9-11-22-12-10-20/h1-8H,9-12H2,(H,19,21). The summed E-state index contributed by atoms with van der Waals surface area (Å²) < 4.78 is 5.38. The molecule has 0 spiro atoms. The lowest BCUT2D eigenvalue weighted by atomic mass is 10.2. The van der Waals surface area contributed by atoms with Crippen LogP contribution in [0.5, 0.6) is 0 Å². The number of morpholine rings is 1. The van der Waals surface area contributed by atoms with Gasteiger partial charge in [0.1, 0.15) is 0 Å². The lowest BCUT2D eigenvalue weighted by molar-refractivity contribution is 0.102. The maximum atomic E-state index is 12.4. The summed E-state index contributed by atoms with van der Waals surface area (Å²) in [5, 5.41) is 3.60. The van der Waals surface area contributed by atoms with Crippen LogP contribution in [0.3, 0.4) is 0 Å². The Balaban J connectivity index is 1.79. The molecule has 5 heteroatoms. The van der Waals surface area contributed by atoms with Gasteiger partial charge < -0.3 is 15.0 Å². The Morgan fingerprint density at radius 3 is 2.45 bits per heavy atom. The van der Waals surface area contributed by atoms with Crippen LogP contribution in [0, 0.1) is 0 Å². The number of nitrogens with one attached hydrogen (secondary N) is 1. The number of halogens is 1. The van der Waals surface area contributed by atoms with Gasteiger partial charge in [0, 0.05) is 23.7 Å². The predicted molar refractivity (Wildman–Crippen MR) is 88.9 cm³/mol. The van der Waals surface area contributed by atoms with Gasteiger partial charge in [0.2, 0.25) is 0 Å². The van der Waals surface area contributed by atoms with Gasteiger partial charge in [-0.3, -0.25) is 4.79 Å². The highest BCUT2D eigenvalue weighted by Crippen LogP contribution is 2.26. The lowest BCUT2D eigenvalue weighted by Crippen LogP contribution is -2.36. The fraction of sp³-hybridized carbons (Fsp3) is 0.235. The minimum atomic E-state index is -0.141. The number of nitrogens with zero attached hydrogens (tertiary/aromatic N) is 1. The molecule has 2 aromatic carbocycles. The maximum absolute atomic E-state index is 12.4. The summed E-state index contributed by atoms with van der Waals surface area (Å²) in [7, 11) is 0. The molecule has 0 unspecified atom stereocenters. The number of amides is 1. The minimum absolute atomic E-state index is 0.141. The Morgan fingerprint density at radius 2 is 1.73 bits per heavy atom. The second-order valence-electron chi connectivity index (χ2n) is 5.08. The summed E-state index contributed by atoms with van der Waals surface area (Å²) in [5.74, 6) is -0.141. The molecule has 0 aromatic heterocycles. The molecule has 0 aliphatic carbocycles. The smallest absolute Gasteiger partial charge is 0.255 e. The number of ether oxygens (including phenoxy) is 1. The number of para-hydroxylation sites is 2. The highest BCUT2D eigenvalue weighted by Gasteiger charge is 2.16. The molecule has 1 aliphatic rings. The van der Waals surface area contributed by atoms with Gasteiger partial charge in [0.05, 0.1) is 24.6 Å². The first kappa shape index (κ1) is 14.9. The maximum Gasteiger partial charge on any atom is 0.255 e. The van der Waals surface area contributed by atoms with Gasteiger partial charge >= 0.3 is 0 Å². The largest absolute Gasteiger partial charge is 0.378 e. The lowest BCUT2D eigenvalue weighted by Gasteiger charge is -2.30. The number of carbonyl (C=O) groups excluding carboxylic acids is 1. The van der Waals surface area contributed by atoms with Crippen molar-refractivity contribution < 1.29 is 9.53 Å². The van der Waals surface area contributed by atoms with Crippen LogP contribution in [0.4, 0.5) is 11.4 Å². The van der Waals surface area contributed by atoms with E-state index in [1.54, 1.807) is 24.3 Å². The summed E-state index contributed by atoms with van der Waals surface area (Å²) in [6.45, 7) is 3.07. The molecule has 1 heterocycles. The third kappa shape index (κ3) is 3.40. The van der Waals surface area contributed by atoms with E-state index in [0.717, 1.165) is 24.5 Å². The van der Waals surface area contributed by atoms with Crippen molar-refractivity contribution in [1.29, 1.82) is 0 Å². The molecule has 0 bridgehead atoms. The van der Waals surface area contributed by atoms with Crippen molar-refractivity contribution >= 4 is 28.9 Å². The number of benzene rings is 2. The first-order valence-electron chi connectivity index (χ1n) is 7.23. The molecular formula is C17H17ClN2O2. The van der Waals surface area contributed by atoms with Crippen LogP contribution < -0.4 is 10.2 Å². The fourth-order valence-corrected chi connectivity index (χ4v) is 2.58. The quantitative estimate of drug-likeness (QED) is 0.943. The molecule has 1 aliphatic heterocycles. The predicted octanol–water partition coefficient (Wildman–Crippen LogP) is 3.43. The normalized spacial score (nSPS) is 14.7. The monoisotopic (exact) mass is 316 g/mol. The van der Waals surface area contributed by atoms with Gasteiger partial charge in [-0.1, -0.05) is 23.7 Å². The molecule has 1 N–H and O–H groups in total. The van der Waals surface area contributed by atoms with E-state index in [1.165, 1.54) is 0 Å². The number of rotatable bonds is 3. The Hall–Kier alpha value is -2.04. The van der Waals surface area contributed by atoms with Crippen LogP contribution in [0.25, 0.3) is 0 Å². The fourth-order valence-electron chi connectivity index (χ4n) is 2.46. The molecular weight excluding hydrogens is 300 g/mol. The Kier molecular flexibility index (Phi) is 4.61. The topological polar surface area (TPSA) is 41.6 Å². The van der Waals surface area contributed by atoms with Crippen LogP contribution in [-0.4, -0.2) is 32.2 Å². The van der Waals surface area contributed by atoms with Crippen molar-refractivity contribution in [3.63, 3.8) is 0 Å². The highest BCUT2D eigenvalue weighted by molar-refractivity contribution is 6.30. The molecule has 22 heavy (non-hydrogen) atoms.